The third kappa shape index (κ3) is 5.51. The quantitative estimate of drug-likeness (QED) is 0.788. The molecule has 2 aromatic rings. The molecule has 1 aliphatic rings. The van der Waals surface area contributed by atoms with Gasteiger partial charge in [-0.3, -0.25) is 14.6 Å². The summed E-state index contributed by atoms with van der Waals surface area (Å²) in [5.74, 6) is 0.512. The zero-order valence-corrected chi connectivity index (χ0v) is 16.6. The number of nitrogens with one attached hydrogen (secondary N) is 1. The Kier molecular flexibility index (Phi) is 6.82. The van der Waals surface area contributed by atoms with Gasteiger partial charge in [0.15, 0.2) is 0 Å². The van der Waals surface area contributed by atoms with Crippen LogP contribution in [0.4, 0.5) is 4.39 Å². The summed E-state index contributed by atoms with van der Waals surface area (Å²) in [7, 11) is 1.60. The number of hydrogen-bond acceptors (Lipinski definition) is 5. The largest absolute Gasteiger partial charge is 0.496 e. The second-order valence-electron chi connectivity index (χ2n) is 6.81. The van der Waals surface area contributed by atoms with E-state index in [4.69, 9.17) is 4.74 Å². The maximum absolute atomic E-state index is 13.5. The molecular weight excluding hydrogens is 365 g/mol. The molecule has 1 aromatic heterocycles. The first-order valence-electron chi connectivity index (χ1n) is 9.15. The monoisotopic (exact) mass is 391 g/mol. The zero-order valence-electron chi connectivity index (χ0n) is 15.8. The maximum atomic E-state index is 13.5. The molecule has 1 fully saturated rings. The lowest BCUT2D eigenvalue weighted by Gasteiger charge is -2.34. The van der Waals surface area contributed by atoms with Gasteiger partial charge in [0, 0.05) is 43.2 Å². The summed E-state index contributed by atoms with van der Waals surface area (Å²) in [6.07, 6.45) is 0. The van der Waals surface area contributed by atoms with Gasteiger partial charge in [-0.25, -0.2) is 4.39 Å². The molecule has 3 rings (SSSR count). The van der Waals surface area contributed by atoms with Crippen LogP contribution < -0.4 is 10.1 Å². The predicted molar refractivity (Wildman–Crippen MR) is 106 cm³/mol. The van der Waals surface area contributed by atoms with E-state index in [0.717, 1.165) is 36.6 Å². The number of halogens is 1. The third-order valence-corrected chi connectivity index (χ3v) is 5.87. The van der Waals surface area contributed by atoms with Gasteiger partial charge in [-0.05, 0) is 36.6 Å². The highest BCUT2D eigenvalue weighted by atomic mass is 32.1. The fourth-order valence-corrected chi connectivity index (χ4v) is 4.05. The Hall–Kier alpha value is -1.96. The van der Waals surface area contributed by atoms with E-state index in [2.05, 4.69) is 15.1 Å². The SMILES string of the molecule is COc1ccc(F)cc1CN1CCN(CC(=O)N[C@H](C)c2cccs2)CC1. The number of rotatable bonds is 7. The van der Waals surface area contributed by atoms with Crippen LogP contribution in [0.15, 0.2) is 35.7 Å². The predicted octanol–water partition coefficient (Wildman–Crippen LogP) is 2.89. The summed E-state index contributed by atoms with van der Waals surface area (Å²) in [5, 5.41) is 5.08. The lowest BCUT2D eigenvalue weighted by atomic mass is 10.1. The number of methoxy groups -OCH3 is 1. The highest BCUT2D eigenvalue weighted by Crippen LogP contribution is 2.22. The summed E-state index contributed by atoms with van der Waals surface area (Å²) in [4.78, 5) is 17.9. The van der Waals surface area contributed by atoms with Gasteiger partial charge in [-0.2, -0.15) is 0 Å². The standard InChI is InChI=1S/C20H26FN3O2S/c1-15(19-4-3-11-27-19)22-20(25)14-24-9-7-23(8-10-24)13-16-12-17(21)5-6-18(16)26-2/h3-6,11-12,15H,7-10,13-14H2,1-2H3,(H,22,25)/t15-/m1/s1. The molecule has 1 atom stereocenters. The topological polar surface area (TPSA) is 44.8 Å². The molecule has 2 heterocycles. The van der Waals surface area contributed by atoms with E-state index in [0.29, 0.717) is 18.8 Å². The number of amides is 1. The molecule has 0 radical (unpaired) electrons. The first-order valence-corrected chi connectivity index (χ1v) is 10.0. The molecule has 1 aromatic carbocycles. The normalized spacial score (nSPS) is 16.9. The van der Waals surface area contributed by atoms with Gasteiger partial charge < -0.3 is 10.1 Å². The van der Waals surface area contributed by atoms with Gasteiger partial charge in [-0.1, -0.05) is 6.07 Å². The van der Waals surface area contributed by atoms with Crippen molar-refractivity contribution in [3.05, 3.63) is 52.0 Å². The first-order chi connectivity index (χ1) is 13.0. The average Bonchev–Trinajstić information content (AvgIpc) is 3.18. The number of thiophene rings is 1. The molecule has 0 spiro atoms. The second kappa shape index (κ2) is 9.30. The van der Waals surface area contributed by atoms with E-state index in [1.165, 1.54) is 12.1 Å². The Morgan fingerprint density at radius 3 is 2.67 bits per heavy atom. The lowest BCUT2D eigenvalue weighted by Crippen LogP contribution is -2.49. The number of hydrogen-bond donors (Lipinski definition) is 1. The van der Waals surface area contributed by atoms with E-state index in [-0.39, 0.29) is 17.8 Å². The lowest BCUT2D eigenvalue weighted by molar-refractivity contribution is -0.123. The highest BCUT2D eigenvalue weighted by Gasteiger charge is 2.21. The van der Waals surface area contributed by atoms with Gasteiger partial charge in [0.25, 0.3) is 0 Å². The molecule has 5 nitrogen and oxygen atoms in total. The zero-order chi connectivity index (χ0) is 19.2. The summed E-state index contributed by atoms with van der Waals surface area (Å²) < 4.78 is 18.9. The third-order valence-electron chi connectivity index (χ3n) is 4.82. The van der Waals surface area contributed by atoms with Crippen molar-refractivity contribution in [2.75, 3.05) is 39.8 Å². The van der Waals surface area contributed by atoms with Crippen LogP contribution in [0.2, 0.25) is 0 Å². The van der Waals surface area contributed by atoms with Gasteiger partial charge in [0.05, 0.1) is 19.7 Å². The molecule has 1 aliphatic heterocycles. The van der Waals surface area contributed by atoms with Gasteiger partial charge in [-0.15, -0.1) is 11.3 Å². The summed E-state index contributed by atoms with van der Waals surface area (Å²) in [6.45, 7) is 6.38. The molecule has 1 saturated heterocycles. The first kappa shape index (κ1) is 19.8. The summed E-state index contributed by atoms with van der Waals surface area (Å²) >= 11 is 1.65. The van der Waals surface area contributed by atoms with E-state index in [9.17, 15) is 9.18 Å². The number of ether oxygens (including phenoxy) is 1. The van der Waals surface area contributed by atoms with Crippen molar-refractivity contribution in [3.8, 4) is 5.75 Å². The highest BCUT2D eigenvalue weighted by molar-refractivity contribution is 7.10. The fourth-order valence-electron chi connectivity index (χ4n) is 3.32. The van der Waals surface area contributed by atoms with Crippen molar-refractivity contribution in [1.82, 2.24) is 15.1 Å². The Balaban J connectivity index is 1.45. The smallest absolute Gasteiger partial charge is 0.234 e. The molecule has 0 saturated carbocycles. The molecule has 1 amide bonds. The van der Waals surface area contributed by atoms with Crippen LogP contribution >= 0.6 is 11.3 Å². The Bertz CT molecular complexity index is 746. The summed E-state index contributed by atoms with van der Waals surface area (Å²) in [6, 6.07) is 8.69. The number of benzene rings is 1. The van der Waals surface area contributed by atoms with Crippen LogP contribution in [0, 0.1) is 5.82 Å². The second-order valence-corrected chi connectivity index (χ2v) is 7.79. The van der Waals surface area contributed by atoms with Crippen LogP contribution in [-0.4, -0.2) is 55.5 Å². The van der Waals surface area contributed by atoms with Crippen LogP contribution in [-0.2, 0) is 11.3 Å². The van der Waals surface area contributed by atoms with Crippen molar-refractivity contribution < 1.29 is 13.9 Å². The summed E-state index contributed by atoms with van der Waals surface area (Å²) in [5.41, 5.74) is 0.855. The van der Waals surface area contributed by atoms with Crippen molar-refractivity contribution in [3.63, 3.8) is 0 Å². The van der Waals surface area contributed by atoms with Crippen molar-refractivity contribution in [2.24, 2.45) is 0 Å². The van der Waals surface area contributed by atoms with Gasteiger partial charge >= 0.3 is 0 Å². The molecule has 7 heteroatoms. The maximum Gasteiger partial charge on any atom is 0.234 e. The van der Waals surface area contributed by atoms with Crippen LogP contribution in [0.5, 0.6) is 5.75 Å². The Morgan fingerprint density at radius 1 is 1.26 bits per heavy atom. The fraction of sp³-hybridized carbons (Fsp3) is 0.450. The van der Waals surface area contributed by atoms with E-state index in [1.54, 1.807) is 24.5 Å². The van der Waals surface area contributed by atoms with Crippen molar-refractivity contribution >= 4 is 17.2 Å². The van der Waals surface area contributed by atoms with E-state index >= 15 is 0 Å². The van der Waals surface area contributed by atoms with Crippen LogP contribution in [0.1, 0.15) is 23.4 Å². The minimum Gasteiger partial charge on any atom is -0.496 e. The number of nitrogens with zero attached hydrogens (tertiary/aromatic N) is 2. The average molecular weight is 392 g/mol. The minimum atomic E-state index is -0.249. The van der Waals surface area contributed by atoms with Crippen molar-refractivity contribution in [1.29, 1.82) is 0 Å². The number of piperazine rings is 1. The number of carbonyl (C=O) groups is 1. The van der Waals surface area contributed by atoms with E-state index in [1.807, 2.05) is 24.4 Å². The van der Waals surface area contributed by atoms with E-state index < -0.39 is 0 Å². The number of carbonyl (C=O) groups excluding carboxylic acids is 1. The molecule has 0 bridgehead atoms. The Morgan fingerprint density at radius 2 is 2.00 bits per heavy atom. The molecule has 0 aliphatic carbocycles. The van der Waals surface area contributed by atoms with Gasteiger partial charge in [0.2, 0.25) is 5.91 Å². The molecule has 1 N–H and O–H groups in total. The van der Waals surface area contributed by atoms with Crippen molar-refractivity contribution in [2.45, 2.75) is 19.5 Å². The molecular formula is C20H26FN3O2S. The Labute approximate surface area is 163 Å². The van der Waals surface area contributed by atoms with Crippen LogP contribution in [0.25, 0.3) is 0 Å². The minimum absolute atomic E-state index is 0.0410. The van der Waals surface area contributed by atoms with Gasteiger partial charge in [0.1, 0.15) is 11.6 Å². The molecule has 146 valence electrons. The molecule has 27 heavy (non-hydrogen) atoms. The molecule has 0 unspecified atom stereocenters. The van der Waals surface area contributed by atoms with Crippen LogP contribution in [0.3, 0.4) is 0 Å².